The molecular weight excluding hydrogens is 304 g/mol. The summed E-state index contributed by atoms with van der Waals surface area (Å²) in [6.07, 6.45) is 2.92. The van der Waals surface area contributed by atoms with E-state index in [4.69, 9.17) is 11.6 Å². The van der Waals surface area contributed by atoms with Gasteiger partial charge in [0.2, 0.25) is 5.95 Å². The Balaban J connectivity index is 1.67. The maximum absolute atomic E-state index is 11.9. The molecule has 112 valence electrons. The zero-order valence-corrected chi connectivity index (χ0v) is 12.5. The number of benzene rings is 1. The van der Waals surface area contributed by atoms with E-state index in [-0.39, 0.29) is 16.7 Å². The van der Waals surface area contributed by atoms with Gasteiger partial charge >= 0.3 is 0 Å². The van der Waals surface area contributed by atoms with E-state index in [2.05, 4.69) is 25.6 Å². The number of nitrogens with zero attached hydrogens (tertiary/aromatic N) is 4. The fourth-order valence-corrected chi connectivity index (χ4v) is 2.08. The van der Waals surface area contributed by atoms with Crippen LogP contribution in [0, 0.1) is 6.92 Å². The van der Waals surface area contributed by atoms with E-state index >= 15 is 0 Å². The quantitative estimate of drug-likeness (QED) is 0.772. The second-order valence-electron chi connectivity index (χ2n) is 4.80. The van der Waals surface area contributed by atoms with Crippen LogP contribution in [-0.2, 0) is 6.54 Å². The van der Waals surface area contributed by atoms with Gasteiger partial charge in [-0.1, -0.05) is 41.4 Å². The Morgan fingerprint density at radius 2 is 2.14 bits per heavy atom. The van der Waals surface area contributed by atoms with Gasteiger partial charge in [-0.25, -0.2) is 9.67 Å². The van der Waals surface area contributed by atoms with Crippen LogP contribution in [0.3, 0.4) is 0 Å². The van der Waals surface area contributed by atoms with Crippen LogP contribution < -0.4 is 5.32 Å². The van der Waals surface area contributed by atoms with Crippen molar-refractivity contribution in [2.75, 3.05) is 5.32 Å². The van der Waals surface area contributed by atoms with Gasteiger partial charge in [0.15, 0.2) is 0 Å². The molecule has 0 unspecified atom stereocenters. The van der Waals surface area contributed by atoms with Gasteiger partial charge in [-0.3, -0.25) is 15.2 Å². The molecule has 0 atom stereocenters. The number of aryl methyl sites for hydroxylation is 1. The van der Waals surface area contributed by atoms with Crippen LogP contribution in [0.25, 0.3) is 0 Å². The Morgan fingerprint density at radius 3 is 2.82 bits per heavy atom. The number of carbonyl (C=O) groups is 1. The molecule has 1 aromatic carbocycles. The van der Waals surface area contributed by atoms with Crippen molar-refractivity contribution in [3.63, 3.8) is 0 Å². The molecule has 0 bridgehead atoms. The first-order valence-corrected chi connectivity index (χ1v) is 6.95. The number of amides is 1. The van der Waals surface area contributed by atoms with Gasteiger partial charge in [0.1, 0.15) is 12.0 Å². The van der Waals surface area contributed by atoms with Crippen molar-refractivity contribution in [3.05, 3.63) is 58.6 Å². The topological polar surface area (TPSA) is 88.5 Å². The SMILES string of the molecule is Cc1ccc(Cn2cnc(NC(=O)c3[nH]ncc3Cl)n2)cc1. The third-order valence-electron chi connectivity index (χ3n) is 3.05. The summed E-state index contributed by atoms with van der Waals surface area (Å²) in [6.45, 7) is 2.61. The number of halogens is 1. The van der Waals surface area contributed by atoms with Crippen molar-refractivity contribution in [2.45, 2.75) is 13.5 Å². The number of aromatic nitrogens is 5. The van der Waals surface area contributed by atoms with Gasteiger partial charge in [0, 0.05) is 0 Å². The van der Waals surface area contributed by atoms with Gasteiger partial charge in [-0.15, -0.1) is 5.10 Å². The summed E-state index contributed by atoms with van der Waals surface area (Å²) in [6, 6.07) is 8.13. The van der Waals surface area contributed by atoms with E-state index in [0.717, 1.165) is 5.56 Å². The number of anilines is 1. The maximum Gasteiger partial charge on any atom is 0.277 e. The lowest BCUT2D eigenvalue weighted by Crippen LogP contribution is -2.14. The fourth-order valence-electron chi connectivity index (χ4n) is 1.90. The smallest absolute Gasteiger partial charge is 0.277 e. The summed E-state index contributed by atoms with van der Waals surface area (Å²) in [4.78, 5) is 16.0. The second kappa shape index (κ2) is 5.98. The lowest BCUT2D eigenvalue weighted by atomic mass is 10.1. The highest BCUT2D eigenvalue weighted by molar-refractivity contribution is 6.33. The number of H-pyrrole nitrogens is 1. The molecule has 3 aromatic rings. The number of hydrogen-bond acceptors (Lipinski definition) is 4. The first-order valence-electron chi connectivity index (χ1n) is 6.57. The van der Waals surface area contributed by atoms with E-state index < -0.39 is 5.91 Å². The van der Waals surface area contributed by atoms with Crippen LogP contribution in [-0.4, -0.2) is 30.9 Å². The Hall–Kier alpha value is -2.67. The summed E-state index contributed by atoms with van der Waals surface area (Å²) >= 11 is 5.83. The largest absolute Gasteiger partial charge is 0.288 e. The molecule has 1 amide bonds. The van der Waals surface area contributed by atoms with E-state index in [0.29, 0.717) is 6.54 Å². The minimum atomic E-state index is -0.435. The van der Waals surface area contributed by atoms with Crippen LogP contribution in [0.15, 0.2) is 36.8 Å². The van der Waals surface area contributed by atoms with Crippen LogP contribution in [0.1, 0.15) is 21.6 Å². The minimum absolute atomic E-state index is 0.177. The molecule has 0 aliphatic carbocycles. The van der Waals surface area contributed by atoms with E-state index in [1.165, 1.54) is 11.8 Å². The third kappa shape index (κ3) is 3.15. The molecule has 0 radical (unpaired) electrons. The molecule has 2 aromatic heterocycles. The van der Waals surface area contributed by atoms with Crippen LogP contribution in [0.4, 0.5) is 5.95 Å². The average molecular weight is 317 g/mol. The van der Waals surface area contributed by atoms with Crippen molar-refractivity contribution in [1.82, 2.24) is 25.0 Å². The highest BCUT2D eigenvalue weighted by atomic mass is 35.5. The van der Waals surface area contributed by atoms with Crippen molar-refractivity contribution in [2.24, 2.45) is 0 Å². The van der Waals surface area contributed by atoms with Crippen molar-refractivity contribution < 1.29 is 4.79 Å². The first-order chi connectivity index (χ1) is 10.6. The van der Waals surface area contributed by atoms with Gasteiger partial charge in [0.25, 0.3) is 5.91 Å². The first kappa shape index (κ1) is 14.3. The molecule has 2 N–H and O–H groups in total. The lowest BCUT2D eigenvalue weighted by molar-refractivity contribution is 0.102. The zero-order valence-electron chi connectivity index (χ0n) is 11.7. The standard InChI is InChI=1S/C14H13ClN6O/c1-9-2-4-10(5-3-9)7-21-8-16-14(20-21)18-13(22)12-11(15)6-17-19-12/h2-6,8H,7H2,1H3,(H,17,19)(H,18,20,22). The van der Waals surface area contributed by atoms with Gasteiger partial charge < -0.3 is 0 Å². The summed E-state index contributed by atoms with van der Waals surface area (Å²) in [5.74, 6) is -0.224. The second-order valence-corrected chi connectivity index (χ2v) is 5.21. The van der Waals surface area contributed by atoms with Crippen molar-refractivity contribution >= 4 is 23.5 Å². The molecule has 22 heavy (non-hydrogen) atoms. The number of hydrogen-bond donors (Lipinski definition) is 2. The number of aromatic amines is 1. The molecule has 0 saturated carbocycles. The van der Waals surface area contributed by atoms with Gasteiger partial charge in [0.05, 0.1) is 17.8 Å². The summed E-state index contributed by atoms with van der Waals surface area (Å²) in [5, 5.41) is 13.2. The average Bonchev–Trinajstić information content (AvgIpc) is 3.10. The van der Waals surface area contributed by atoms with Crippen LogP contribution >= 0.6 is 11.6 Å². The monoisotopic (exact) mass is 316 g/mol. The van der Waals surface area contributed by atoms with E-state index in [9.17, 15) is 4.79 Å². The van der Waals surface area contributed by atoms with Crippen molar-refractivity contribution in [3.8, 4) is 0 Å². The van der Waals surface area contributed by atoms with E-state index in [1.54, 1.807) is 11.0 Å². The Bertz CT molecular complexity index is 792. The predicted octanol–water partition coefficient (Wildman–Crippen LogP) is 2.26. The summed E-state index contributed by atoms with van der Waals surface area (Å²) in [7, 11) is 0. The van der Waals surface area contributed by atoms with Crippen LogP contribution in [0.2, 0.25) is 5.02 Å². The highest BCUT2D eigenvalue weighted by Gasteiger charge is 2.14. The van der Waals surface area contributed by atoms with Gasteiger partial charge in [-0.2, -0.15) is 5.10 Å². The Kier molecular flexibility index (Phi) is 3.88. The Morgan fingerprint density at radius 1 is 1.36 bits per heavy atom. The molecular formula is C14H13ClN6O. The number of carbonyl (C=O) groups excluding carboxylic acids is 1. The lowest BCUT2D eigenvalue weighted by Gasteiger charge is -2.02. The molecule has 0 aliphatic rings. The third-order valence-corrected chi connectivity index (χ3v) is 3.33. The fraction of sp³-hybridized carbons (Fsp3) is 0.143. The van der Waals surface area contributed by atoms with Crippen molar-refractivity contribution in [1.29, 1.82) is 0 Å². The molecule has 8 heteroatoms. The summed E-state index contributed by atoms with van der Waals surface area (Å²) < 4.78 is 1.65. The molecule has 2 heterocycles. The Labute approximate surface area is 131 Å². The molecule has 0 spiro atoms. The normalized spacial score (nSPS) is 10.6. The summed E-state index contributed by atoms with van der Waals surface area (Å²) in [5.41, 5.74) is 2.48. The minimum Gasteiger partial charge on any atom is -0.288 e. The maximum atomic E-state index is 11.9. The number of rotatable bonds is 4. The van der Waals surface area contributed by atoms with Crippen LogP contribution in [0.5, 0.6) is 0 Å². The highest BCUT2D eigenvalue weighted by Crippen LogP contribution is 2.13. The van der Waals surface area contributed by atoms with Gasteiger partial charge in [-0.05, 0) is 12.5 Å². The molecule has 3 rings (SSSR count). The molecule has 0 saturated heterocycles. The molecule has 7 nitrogen and oxygen atoms in total. The zero-order chi connectivity index (χ0) is 15.5. The number of nitrogens with one attached hydrogen (secondary N) is 2. The molecule has 0 fully saturated rings. The predicted molar refractivity (Wildman–Crippen MR) is 81.9 cm³/mol. The van der Waals surface area contributed by atoms with E-state index in [1.807, 2.05) is 31.2 Å². The molecule has 0 aliphatic heterocycles.